The topological polar surface area (TPSA) is 52.6 Å². The van der Waals surface area contributed by atoms with E-state index in [1.165, 1.54) is 0 Å². The Bertz CT molecular complexity index is 195. The highest BCUT2D eigenvalue weighted by molar-refractivity contribution is 5.69. The van der Waals surface area contributed by atoms with Crippen LogP contribution in [0.1, 0.15) is 33.6 Å². The predicted molar refractivity (Wildman–Crippen MR) is 66.7 cm³/mol. The van der Waals surface area contributed by atoms with Gasteiger partial charge in [-0.2, -0.15) is 0 Å². The summed E-state index contributed by atoms with van der Waals surface area (Å²) < 4.78 is 0. The molecule has 0 fully saturated rings. The summed E-state index contributed by atoms with van der Waals surface area (Å²) in [6.45, 7) is 8.67. The molecule has 0 saturated carbocycles. The van der Waals surface area contributed by atoms with Gasteiger partial charge in [-0.3, -0.25) is 4.79 Å². The van der Waals surface area contributed by atoms with Gasteiger partial charge in [-0.1, -0.05) is 6.92 Å². The van der Waals surface area contributed by atoms with E-state index in [0.29, 0.717) is 12.6 Å². The van der Waals surface area contributed by atoms with Crippen LogP contribution in [0, 0.1) is 5.92 Å². The minimum Gasteiger partial charge on any atom is -0.481 e. The van der Waals surface area contributed by atoms with E-state index in [4.69, 9.17) is 5.11 Å². The molecule has 0 aliphatic rings. The molecule has 0 aromatic carbocycles. The Morgan fingerprint density at radius 2 is 1.94 bits per heavy atom. The van der Waals surface area contributed by atoms with Crippen LogP contribution in [0.3, 0.4) is 0 Å². The van der Waals surface area contributed by atoms with Crippen molar-refractivity contribution in [1.82, 2.24) is 10.2 Å². The molecule has 0 aliphatic heterocycles. The number of nitrogens with one attached hydrogen (secondary N) is 1. The number of rotatable bonds is 9. The molecule has 0 spiro atoms. The Balaban J connectivity index is 3.31. The summed E-state index contributed by atoms with van der Waals surface area (Å²) >= 11 is 0. The van der Waals surface area contributed by atoms with E-state index in [0.717, 1.165) is 25.9 Å². The summed E-state index contributed by atoms with van der Waals surface area (Å²) in [5.41, 5.74) is 0. The van der Waals surface area contributed by atoms with Crippen LogP contribution in [0.25, 0.3) is 0 Å². The third-order valence-corrected chi connectivity index (χ3v) is 2.87. The van der Waals surface area contributed by atoms with Gasteiger partial charge in [0.15, 0.2) is 0 Å². The van der Waals surface area contributed by atoms with E-state index in [9.17, 15) is 4.79 Å². The van der Waals surface area contributed by atoms with Gasteiger partial charge in [0.2, 0.25) is 0 Å². The minimum atomic E-state index is -0.730. The van der Waals surface area contributed by atoms with Crippen LogP contribution >= 0.6 is 0 Å². The van der Waals surface area contributed by atoms with Gasteiger partial charge < -0.3 is 15.3 Å². The number of hydrogen-bond acceptors (Lipinski definition) is 3. The molecule has 0 aromatic rings. The van der Waals surface area contributed by atoms with Gasteiger partial charge in [0.05, 0.1) is 5.92 Å². The zero-order valence-electron chi connectivity index (χ0n) is 11.0. The molecule has 0 heterocycles. The van der Waals surface area contributed by atoms with Crippen molar-refractivity contribution in [1.29, 1.82) is 0 Å². The zero-order valence-corrected chi connectivity index (χ0v) is 11.0. The Kier molecular flexibility index (Phi) is 8.21. The average molecular weight is 230 g/mol. The third kappa shape index (κ3) is 7.65. The Morgan fingerprint density at radius 3 is 2.44 bits per heavy atom. The normalized spacial score (nSPS) is 13.4. The van der Waals surface area contributed by atoms with Crippen molar-refractivity contribution in [3.63, 3.8) is 0 Å². The fourth-order valence-electron chi connectivity index (χ4n) is 1.28. The maximum atomic E-state index is 10.5. The van der Waals surface area contributed by atoms with Crippen LogP contribution in [-0.4, -0.2) is 48.7 Å². The van der Waals surface area contributed by atoms with Crippen LogP contribution in [0.2, 0.25) is 0 Å². The van der Waals surface area contributed by atoms with Crippen LogP contribution in [0.4, 0.5) is 0 Å². The molecule has 1 unspecified atom stereocenters. The second-order valence-corrected chi connectivity index (χ2v) is 4.72. The summed E-state index contributed by atoms with van der Waals surface area (Å²) in [5, 5.41) is 11.8. The molecule has 0 rings (SSSR count). The molecule has 4 nitrogen and oxygen atoms in total. The van der Waals surface area contributed by atoms with E-state index in [1.807, 2.05) is 0 Å². The lowest BCUT2D eigenvalue weighted by atomic mass is 10.2. The first-order valence-electron chi connectivity index (χ1n) is 6.09. The highest BCUT2D eigenvalue weighted by Gasteiger charge is 2.09. The van der Waals surface area contributed by atoms with Crippen molar-refractivity contribution < 1.29 is 9.90 Å². The monoisotopic (exact) mass is 230 g/mol. The van der Waals surface area contributed by atoms with Gasteiger partial charge in [0.25, 0.3) is 0 Å². The van der Waals surface area contributed by atoms with Gasteiger partial charge in [-0.15, -0.1) is 0 Å². The van der Waals surface area contributed by atoms with E-state index < -0.39 is 5.97 Å². The van der Waals surface area contributed by atoms with Crippen molar-refractivity contribution in [2.45, 2.75) is 39.7 Å². The number of nitrogens with zero attached hydrogens (tertiary/aromatic N) is 1. The maximum absolute atomic E-state index is 10.5. The van der Waals surface area contributed by atoms with Crippen LogP contribution in [0.15, 0.2) is 0 Å². The average Bonchev–Trinajstić information content (AvgIpc) is 2.21. The molecule has 1 atom stereocenters. The lowest BCUT2D eigenvalue weighted by molar-refractivity contribution is -0.140. The summed E-state index contributed by atoms with van der Waals surface area (Å²) in [4.78, 5) is 12.9. The largest absolute Gasteiger partial charge is 0.481 e. The predicted octanol–water partition coefficient (Wildman–Crippen LogP) is 1.42. The Labute approximate surface area is 99.0 Å². The molecule has 16 heavy (non-hydrogen) atoms. The first-order chi connectivity index (χ1) is 7.45. The summed E-state index contributed by atoms with van der Waals surface area (Å²) in [6.07, 6.45) is 2.26. The van der Waals surface area contributed by atoms with Crippen molar-refractivity contribution in [3.05, 3.63) is 0 Å². The lowest BCUT2D eigenvalue weighted by Crippen LogP contribution is -2.29. The van der Waals surface area contributed by atoms with Crippen LogP contribution in [0.5, 0.6) is 0 Å². The van der Waals surface area contributed by atoms with E-state index in [1.54, 1.807) is 6.92 Å². The van der Waals surface area contributed by atoms with E-state index in [-0.39, 0.29) is 5.92 Å². The second-order valence-electron chi connectivity index (χ2n) is 4.72. The quantitative estimate of drug-likeness (QED) is 0.588. The van der Waals surface area contributed by atoms with Crippen molar-refractivity contribution >= 4 is 5.97 Å². The highest BCUT2D eigenvalue weighted by Crippen LogP contribution is 1.97. The first-order valence-corrected chi connectivity index (χ1v) is 6.09. The highest BCUT2D eigenvalue weighted by atomic mass is 16.4. The first kappa shape index (κ1) is 15.4. The summed E-state index contributed by atoms with van der Waals surface area (Å²) in [5.74, 6) is -1.02. The van der Waals surface area contributed by atoms with Gasteiger partial charge in [0, 0.05) is 12.6 Å². The SMILES string of the molecule is CC(CNCCCCN(C)C(C)C)C(=O)O. The van der Waals surface area contributed by atoms with Crippen molar-refractivity contribution in [3.8, 4) is 0 Å². The van der Waals surface area contributed by atoms with Crippen molar-refractivity contribution in [2.75, 3.05) is 26.7 Å². The molecular weight excluding hydrogens is 204 g/mol. The second kappa shape index (κ2) is 8.53. The van der Waals surface area contributed by atoms with E-state index >= 15 is 0 Å². The summed E-state index contributed by atoms with van der Waals surface area (Å²) in [7, 11) is 2.13. The molecular formula is C12H26N2O2. The fraction of sp³-hybridized carbons (Fsp3) is 0.917. The number of carboxylic acids is 1. The number of aliphatic carboxylic acids is 1. The third-order valence-electron chi connectivity index (χ3n) is 2.87. The van der Waals surface area contributed by atoms with E-state index in [2.05, 4.69) is 31.1 Å². The zero-order chi connectivity index (χ0) is 12.6. The van der Waals surface area contributed by atoms with Crippen LogP contribution in [-0.2, 0) is 4.79 Å². The molecule has 2 N–H and O–H groups in total. The molecule has 96 valence electrons. The van der Waals surface area contributed by atoms with Gasteiger partial charge in [0.1, 0.15) is 0 Å². The van der Waals surface area contributed by atoms with Gasteiger partial charge in [-0.25, -0.2) is 0 Å². The number of carbonyl (C=O) groups is 1. The fourth-order valence-corrected chi connectivity index (χ4v) is 1.28. The molecule has 0 bridgehead atoms. The van der Waals surface area contributed by atoms with Gasteiger partial charge >= 0.3 is 5.97 Å². The lowest BCUT2D eigenvalue weighted by Gasteiger charge is -2.20. The number of carboxylic acid groups (broad SMARTS) is 1. The molecule has 0 saturated heterocycles. The number of unbranched alkanes of at least 4 members (excludes halogenated alkanes) is 1. The molecule has 0 radical (unpaired) electrons. The summed E-state index contributed by atoms with van der Waals surface area (Å²) in [6, 6.07) is 0.597. The maximum Gasteiger partial charge on any atom is 0.307 e. The smallest absolute Gasteiger partial charge is 0.307 e. The van der Waals surface area contributed by atoms with Crippen LogP contribution < -0.4 is 5.32 Å². The number of hydrogen-bond donors (Lipinski definition) is 2. The van der Waals surface area contributed by atoms with Crippen molar-refractivity contribution in [2.24, 2.45) is 5.92 Å². The minimum absolute atomic E-state index is 0.293. The molecule has 4 heteroatoms. The molecule has 0 amide bonds. The molecule has 0 aliphatic carbocycles. The molecule has 0 aromatic heterocycles. The Morgan fingerprint density at radius 1 is 1.31 bits per heavy atom. The Hall–Kier alpha value is -0.610. The standard InChI is InChI=1S/C12H26N2O2/c1-10(2)14(4)8-6-5-7-13-9-11(3)12(15)16/h10-11,13H,5-9H2,1-4H3,(H,15,16). The van der Waals surface area contributed by atoms with Gasteiger partial charge in [-0.05, 0) is 46.8 Å².